The molecular formula is C12H13NO3. The van der Waals surface area contributed by atoms with E-state index in [0.717, 1.165) is 16.9 Å². The molecule has 2 rings (SSSR count). The Balaban J connectivity index is 2.33. The van der Waals surface area contributed by atoms with Gasteiger partial charge in [0.25, 0.3) is 0 Å². The van der Waals surface area contributed by atoms with Crippen molar-refractivity contribution in [2.45, 2.75) is 20.3 Å². The summed E-state index contributed by atoms with van der Waals surface area (Å²) >= 11 is 0. The van der Waals surface area contributed by atoms with E-state index in [1.807, 2.05) is 26.0 Å². The van der Waals surface area contributed by atoms with E-state index in [-0.39, 0.29) is 0 Å². The maximum absolute atomic E-state index is 11.3. The zero-order valence-corrected chi connectivity index (χ0v) is 9.53. The van der Waals surface area contributed by atoms with E-state index in [4.69, 9.17) is 4.84 Å². The van der Waals surface area contributed by atoms with Crippen LogP contribution in [0.2, 0.25) is 0 Å². The Kier molecular flexibility index (Phi) is 2.64. The normalized spacial score (nSPS) is 13.6. The summed E-state index contributed by atoms with van der Waals surface area (Å²) in [5.74, 6) is 0.277. The SMILES string of the molecule is COC(=O)C1=NOc2cc(C)c(C)cc2C1. The molecule has 0 saturated carbocycles. The van der Waals surface area contributed by atoms with Crippen molar-refractivity contribution in [2.75, 3.05) is 7.11 Å². The first-order valence-corrected chi connectivity index (χ1v) is 5.04. The Hall–Kier alpha value is -1.84. The fraction of sp³-hybridized carbons (Fsp3) is 0.333. The van der Waals surface area contributed by atoms with Gasteiger partial charge in [0, 0.05) is 12.0 Å². The zero-order valence-electron chi connectivity index (χ0n) is 9.53. The summed E-state index contributed by atoms with van der Waals surface area (Å²) in [6.45, 7) is 4.04. The fourth-order valence-electron chi connectivity index (χ4n) is 1.62. The first kappa shape index (κ1) is 10.7. The highest BCUT2D eigenvalue weighted by atomic mass is 16.6. The van der Waals surface area contributed by atoms with Crippen LogP contribution in [0.25, 0.3) is 0 Å². The Morgan fingerprint density at radius 2 is 2.06 bits per heavy atom. The van der Waals surface area contributed by atoms with Crippen molar-refractivity contribution >= 4 is 11.7 Å². The summed E-state index contributed by atoms with van der Waals surface area (Å²) in [7, 11) is 1.33. The van der Waals surface area contributed by atoms with Crippen molar-refractivity contribution in [1.29, 1.82) is 0 Å². The van der Waals surface area contributed by atoms with Gasteiger partial charge in [0.05, 0.1) is 7.11 Å². The molecule has 0 radical (unpaired) electrons. The van der Waals surface area contributed by atoms with E-state index in [2.05, 4.69) is 9.89 Å². The van der Waals surface area contributed by atoms with Gasteiger partial charge in [-0.2, -0.15) is 0 Å². The number of esters is 1. The minimum absolute atomic E-state index is 0.304. The Morgan fingerprint density at radius 1 is 1.38 bits per heavy atom. The lowest BCUT2D eigenvalue weighted by molar-refractivity contribution is -0.133. The monoisotopic (exact) mass is 219 g/mol. The standard InChI is InChI=1S/C12H13NO3/c1-7-4-9-6-10(12(14)15-3)13-16-11(9)5-8(7)2/h4-5H,6H2,1-3H3. The molecule has 1 heterocycles. The smallest absolute Gasteiger partial charge is 0.356 e. The molecule has 0 aromatic heterocycles. The number of benzene rings is 1. The lowest BCUT2D eigenvalue weighted by Crippen LogP contribution is -2.22. The molecule has 0 N–H and O–H groups in total. The van der Waals surface area contributed by atoms with Crippen LogP contribution in [0.5, 0.6) is 5.75 Å². The van der Waals surface area contributed by atoms with E-state index in [9.17, 15) is 4.79 Å². The van der Waals surface area contributed by atoms with Crippen LogP contribution in [-0.2, 0) is 16.0 Å². The highest BCUT2D eigenvalue weighted by Crippen LogP contribution is 2.27. The van der Waals surface area contributed by atoms with Crippen LogP contribution in [0.15, 0.2) is 17.3 Å². The predicted octanol–water partition coefficient (Wildman–Crippen LogP) is 1.77. The minimum atomic E-state index is -0.441. The van der Waals surface area contributed by atoms with Gasteiger partial charge in [0.15, 0.2) is 11.5 Å². The summed E-state index contributed by atoms with van der Waals surface area (Å²) in [4.78, 5) is 16.5. The van der Waals surface area contributed by atoms with Crippen LogP contribution in [-0.4, -0.2) is 18.8 Å². The van der Waals surface area contributed by atoms with Crippen molar-refractivity contribution in [3.05, 3.63) is 28.8 Å². The molecule has 0 unspecified atom stereocenters. The molecule has 0 spiro atoms. The lowest BCUT2D eigenvalue weighted by Gasteiger charge is -2.15. The molecule has 0 aliphatic carbocycles. The first-order valence-electron chi connectivity index (χ1n) is 5.04. The third-order valence-corrected chi connectivity index (χ3v) is 2.71. The van der Waals surface area contributed by atoms with Crippen molar-refractivity contribution in [3.63, 3.8) is 0 Å². The van der Waals surface area contributed by atoms with Gasteiger partial charge < -0.3 is 9.57 Å². The summed E-state index contributed by atoms with van der Waals surface area (Å²) < 4.78 is 4.61. The fourth-order valence-corrected chi connectivity index (χ4v) is 1.62. The molecule has 0 bridgehead atoms. The van der Waals surface area contributed by atoms with Crippen molar-refractivity contribution in [3.8, 4) is 5.75 Å². The van der Waals surface area contributed by atoms with Gasteiger partial charge >= 0.3 is 5.97 Å². The molecule has 0 amide bonds. The molecule has 16 heavy (non-hydrogen) atoms. The van der Waals surface area contributed by atoms with Gasteiger partial charge in [0.1, 0.15) is 0 Å². The number of rotatable bonds is 1. The number of carbonyl (C=O) groups is 1. The number of methoxy groups -OCH3 is 1. The Labute approximate surface area is 93.9 Å². The third-order valence-electron chi connectivity index (χ3n) is 2.71. The second kappa shape index (κ2) is 3.96. The number of fused-ring (bicyclic) bond motifs is 1. The van der Waals surface area contributed by atoms with E-state index < -0.39 is 5.97 Å². The highest BCUT2D eigenvalue weighted by Gasteiger charge is 2.21. The topological polar surface area (TPSA) is 47.9 Å². The number of hydrogen-bond acceptors (Lipinski definition) is 4. The van der Waals surface area contributed by atoms with Crippen LogP contribution < -0.4 is 4.84 Å². The second-order valence-electron chi connectivity index (χ2n) is 3.84. The van der Waals surface area contributed by atoms with E-state index in [0.29, 0.717) is 12.1 Å². The molecule has 1 aromatic carbocycles. The number of oxime groups is 1. The highest BCUT2D eigenvalue weighted by molar-refractivity contribution is 6.37. The van der Waals surface area contributed by atoms with E-state index in [1.54, 1.807) is 0 Å². The van der Waals surface area contributed by atoms with Gasteiger partial charge in [0.2, 0.25) is 0 Å². The zero-order chi connectivity index (χ0) is 11.7. The minimum Gasteiger partial charge on any atom is -0.464 e. The van der Waals surface area contributed by atoms with Crippen LogP contribution in [0, 0.1) is 13.8 Å². The van der Waals surface area contributed by atoms with Gasteiger partial charge in [-0.25, -0.2) is 4.79 Å². The third kappa shape index (κ3) is 1.78. The molecule has 0 saturated heterocycles. The molecule has 1 aliphatic rings. The molecule has 4 nitrogen and oxygen atoms in total. The van der Waals surface area contributed by atoms with Gasteiger partial charge in [-0.1, -0.05) is 11.2 Å². The van der Waals surface area contributed by atoms with E-state index >= 15 is 0 Å². The summed E-state index contributed by atoms with van der Waals surface area (Å²) in [5.41, 5.74) is 3.60. The molecule has 84 valence electrons. The molecule has 4 heteroatoms. The lowest BCUT2D eigenvalue weighted by atomic mass is 10.0. The van der Waals surface area contributed by atoms with Gasteiger partial charge in [-0.3, -0.25) is 0 Å². The summed E-state index contributed by atoms with van der Waals surface area (Å²) in [6, 6.07) is 3.95. The van der Waals surface area contributed by atoms with Crippen molar-refractivity contribution in [1.82, 2.24) is 0 Å². The Morgan fingerprint density at radius 3 is 2.75 bits per heavy atom. The molecule has 0 fully saturated rings. The van der Waals surface area contributed by atoms with Gasteiger partial charge in [-0.05, 0) is 31.0 Å². The number of nitrogens with zero attached hydrogens (tertiary/aromatic N) is 1. The number of ether oxygens (including phenoxy) is 1. The maximum atomic E-state index is 11.3. The predicted molar refractivity (Wildman–Crippen MR) is 59.7 cm³/mol. The van der Waals surface area contributed by atoms with Crippen molar-refractivity contribution < 1.29 is 14.4 Å². The number of aryl methyl sites for hydroxylation is 2. The average molecular weight is 219 g/mol. The van der Waals surface area contributed by atoms with Crippen LogP contribution in [0.3, 0.4) is 0 Å². The van der Waals surface area contributed by atoms with Crippen LogP contribution in [0.4, 0.5) is 0 Å². The van der Waals surface area contributed by atoms with Crippen LogP contribution in [0.1, 0.15) is 16.7 Å². The molecule has 0 atom stereocenters. The number of hydrogen-bond donors (Lipinski definition) is 0. The quantitative estimate of drug-likeness (QED) is 0.676. The summed E-state index contributed by atoms with van der Waals surface area (Å²) in [5, 5.41) is 3.75. The summed E-state index contributed by atoms with van der Waals surface area (Å²) in [6.07, 6.45) is 0.461. The van der Waals surface area contributed by atoms with Gasteiger partial charge in [-0.15, -0.1) is 0 Å². The molecular weight excluding hydrogens is 206 g/mol. The molecule has 1 aliphatic heterocycles. The number of carbonyl (C=O) groups excluding carboxylic acids is 1. The van der Waals surface area contributed by atoms with Crippen molar-refractivity contribution in [2.24, 2.45) is 5.16 Å². The second-order valence-corrected chi connectivity index (χ2v) is 3.84. The van der Waals surface area contributed by atoms with Crippen LogP contribution >= 0.6 is 0 Å². The largest absolute Gasteiger partial charge is 0.464 e. The molecule has 1 aromatic rings. The van der Waals surface area contributed by atoms with E-state index in [1.165, 1.54) is 12.7 Å². The Bertz CT molecular complexity index is 477. The first-order chi connectivity index (χ1) is 7.61. The average Bonchev–Trinajstić information content (AvgIpc) is 2.29. The maximum Gasteiger partial charge on any atom is 0.356 e.